The molecule has 6 heteroatoms. The van der Waals surface area contributed by atoms with Gasteiger partial charge in [-0.3, -0.25) is 9.59 Å². The van der Waals surface area contributed by atoms with Gasteiger partial charge in [0.1, 0.15) is 11.9 Å². The first-order valence-electron chi connectivity index (χ1n) is 15.3. The summed E-state index contributed by atoms with van der Waals surface area (Å²) in [5.41, 5.74) is -0.748. The molecule has 0 bridgehead atoms. The zero-order chi connectivity index (χ0) is 27.7. The van der Waals surface area contributed by atoms with E-state index in [0.29, 0.717) is 30.5 Å². The number of carbonyl (C=O) groups is 2. The van der Waals surface area contributed by atoms with Crippen molar-refractivity contribution in [1.82, 2.24) is 0 Å². The average Bonchev–Trinajstić information content (AvgIpc) is 3.28. The van der Waals surface area contributed by atoms with Crippen LogP contribution < -0.4 is 0 Å². The fourth-order valence-electron chi connectivity index (χ4n) is 12.4. The third-order valence-electron chi connectivity index (χ3n) is 13.9. The molecule has 6 fully saturated rings. The number of carbonyl (C=O) groups excluding carboxylic acids is 2. The first-order chi connectivity index (χ1) is 17.6. The van der Waals surface area contributed by atoms with Crippen LogP contribution in [0.25, 0.3) is 0 Å². The minimum atomic E-state index is -0.552. The van der Waals surface area contributed by atoms with Crippen LogP contribution in [0.15, 0.2) is 0 Å². The fraction of sp³-hybridized carbons (Fsp3) is 0.938. The van der Waals surface area contributed by atoms with E-state index in [2.05, 4.69) is 27.7 Å². The minimum absolute atomic E-state index is 0.0317. The largest absolute Gasteiger partial charge is 0.462 e. The second-order valence-electron chi connectivity index (χ2n) is 15.9. The SMILES string of the molecule is CC(=O)O[C@@H]1C[C@H]2C(C)(C)C(=O)CC[C@]2(C)[C@H]2CC[C@]34C[C@]3(CC[C@@H]4[C@H](CO)[C@H]3OC(C)(C)C[C@@H]3O)[C@@]21C. The highest BCUT2D eigenvalue weighted by atomic mass is 16.5. The average molecular weight is 531 g/mol. The van der Waals surface area contributed by atoms with Gasteiger partial charge >= 0.3 is 5.97 Å². The smallest absolute Gasteiger partial charge is 0.302 e. The number of aliphatic hydroxyl groups excluding tert-OH is 2. The van der Waals surface area contributed by atoms with Crippen LogP contribution in [0.5, 0.6) is 0 Å². The van der Waals surface area contributed by atoms with E-state index in [9.17, 15) is 19.8 Å². The van der Waals surface area contributed by atoms with Gasteiger partial charge in [-0.2, -0.15) is 0 Å². The molecule has 1 heterocycles. The van der Waals surface area contributed by atoms with Gasteiger partial charge in [-0.1, -0.05) is 27.7 Å². The maximum absolute atomic E-state index is 13.1. The number of hydrogen-bond donors (Lipinski definition) is 2. The second kappa shape index (κ2) is 8.06. The molecule has 0 amide bonds. The van der Waals surface area contributed by atoms with Crippen molar-refractivity contribution in [2.75, 3.05) is 6.61 Å². The van der Waals surface area contributed by atoms with Crippen LogP contribution in [-0.4, -0.2) is 52.5 Å². The van der Waals surface area contributed by atoms with Gasteiger partial charge in [0.15, 0.2) is 0 Å². The highest BCUT2D eigenvalue weighted by Gasteiger charge is 2.86. The Bertz CT molecular complexity index is 1030. The van der Waals surface area contributed by atoms with E-state index in [4.69, 9.17) is 9.47 Å². The van der Waals surface area contributed by atoms with Crippen molar-refractivity contribution in [3.05, 3.63) is 0 Å². The van der Waals surface area contributed by atoms with E-state index in [-0.39, 0.29) is 63.9 Å². The topological polar surface area (TPSA) is 93.1 Å². The molecule has 0 aromatic carbocycles. The predicted octanol–water partition coefficient (Wildman–Crippen LogP) is 5.07. The molecule has 38 heavy (non-hydrogen) atoms. The van der Waals surface area contributed by atoms with Gasteiger partial charge in [0, 0.05) is 43.1 Å². The van der Waals surface area contributed by atoms with E-state index in [1.807, 2.05) is 13.8 Å². The summed E-state index contributed by atoms with van der Waals surface area (Å²) in [7, 11) is 0. The standard InChI is InChI=1S/C32H50O6/c1-18(34)37-25-14-23-28(4,5)24(36)10-11-29(23,6)22-9-12-31-17-32(31,30(22,25)7)13-8-20(31)19(16-33)26-21(35)15-27(2,3)38-26/h19-23,25-26,33,35H,8-17H2,1-7H3/t19-,20+,21-,22+,23-,25+,26+,29+,30-,31+,32+/m0/s1. The summed E-state index contributed by atoms with van der Waals surface area (Å²) < 4.78 is 12.7. The molecule has 5 saturated carbocycles. The van der Waals surface area contributed by atoms with Gasteiger partial charge in [-0.05, 0) is 92.8 Å². The molecule has 6 aliphatic rings. The van der Waals surface area contributed by atoms with Crippen LogP contribution in [0.1, 0.15) is 106 Å². The van der Waals surface area contributed by atoms with Crippen molar-refractivity contribution < 1.29 is 29.3 Å². The molecular formula is C32H50O6. The van der Waals surface area contributed by atoms with Gasteiger partial charge in [0.2, 0.25) is 0 Å². The van der Waals surface area contributed by atoms with E-state index in [0.717, 1.165) is 44.9 Å². The lowest BCUT2D eigenvalue weighted by Crippen LogP contribution is -2.66. The van der Waals surface area contributed by atoms with E-state index in [1.165, 1.54) is 6.92 Å². The minimum Gasteiger partial charge on any atom is -0.462 e. The van der Waals surface area contributed by atoms with Crippen LogP contribution in [-0.2, 0) is 19.1 Å². The van der Waals surface area contributed by atoms with Crippen LogP contribution in [0.4, 0.5) is 0 Å². The number of aliphatic hydroxyl groups is 2. The summed E-state index contributed by atoms with van der Waals surface area (Å²) in [6.07, 6.45) is 7.24. The number of Topliss-reactive ketones (excluding diaryl/α,β-unsaturated/α-hetero) is 1. The molecule has 6 nitrogen and oxygen atoms in total. The highest BCUT2D eigenvalue weighted by molar-refractivity contribution is 5.85. The molecule has 5 aliphatic carbocycles. The van der Waals surface area contributed by atoms with Gasteiger partial charge in [-0.25, -0.2) is 0 Å². The normalized spacial score (nSPS) is 52.8. The van der Waals surface area contributed by atoms with Crippen molar-refractivity contribution in [3.8, 4) is 0 Å². The fourth-order valence-corrected chi connectivity index (χ4v) is 12.4. The summed E-state index contributed by atoms with van der Waals surface area (Å²) in [6.45, 7) is 14.7. The molecule has 11 atom stereocenters. The molecule has 214 valence electrons. The summed E-state index contributed by atoms with van der Waals surface area (Å²) in [5, 5.41) is 21.7. The van der Waals surface area contributed by atoms with Crippen molar-refractivity contribution in [2.45, 2.75) is 130 Å². The van der Waals surface area contributed by atoms with Crippen LogP contribution >= 0.6 is 0 Å². The third kappa shape index (κ3) is 3.17. The lowest BCUT2D eigenvalue weighted by molar-refractivity contribution is -0.233. The zero-order valence-electron chi connectivity index (χ0n) is 24.6. The van der Waals surface area contributed by atoms with Crippen LogP contribution in [0, 0.1) is 50.7 Å². The van der Waals surface area contributed by atoms with Crippen LogP contribution in [0.2, 0.25) is 0 Å². The number of fused-ring (bicyclic) bond motifs is 3. The Morgan fingerprint density at radius 1 is 1.08 bits per heavy atom. The highest BCUT2D eigenvalue weighted by Crippen LogP contribution is 2.91. The Balaban J connectivity index is 1.39. The molecule has 6 rings (SSSR count). The lowest BCUT2D eigenvalue weighted by Gasteiger charge is -2.67. The Labute approximate surface area is 228 Å². The number of rotatable bonds is 4. The Morgan fingerprint density at radius 2 is 1.79 bits per heavy atom. The maximum atomic E-state index is 13.1. The molecule has 1 saturated heterocycles. The maximum Gasteiger partial charge on any atom is 0.302 e. The second-order valence-corrected chi connectivity index (χ2v) is 15.9. The molecular weight excluding hydrogens is 480 g/mol. The van der Waals surface area contributed by atoms with Gasteiger partial charge in [-0.15, -0.1) is 0 Å². The summed E-state index contributed by atoms with van der Waals surface area (Å²) in [5.74, 6) is 0.935. The molecule has 0 aromatic heterocycles. The van der Waals surface area contributed by atoms with Gasteiger partial charge < -0.3 is 19.7 Å². The summed E-state index contributed by atoms with van der Waals surface area (Å²) in [6, 6.07) is 0. The number of ether oxygens (including phenoxy) is 2. The Morgan fingerprint density at radius 3 is 2.39 bits per heavy atom. The molecule has 0 spiro atoms. The molecule has 0 radical (unpaired) electrons. The molecule has 0 aromatic rings. The van der Waals surface area contributed by atoms with E-state index < -0.39 is 11.5 Å². The number of esters is 1. The molecule has 2 N–H and O–H groups in total. The number of ketones is 1. The van der Waals surface area contributed by atoms with Gasteiger partial charge in [0.25, 0.3) is 0 Å². The first-order valence-corrected chi connectivity index (χ1v) is 15.3. The first kappa shape index (κ1) is 27.2. The molecule has 0 unspecified atom stereocenters. The summed E-state index contributed by atoms with van der Waals surface area (Å²) in [4.78, 5) is 25.6. The van der Waals surface area contributed by atoms with Crippen molar-refractivity contribution in [2.24, 2.45) is 50.7 Å². The zero-order valence-corrected chi connectivity index (χ0v) is 24.6. The quantitative estimate of drug-likeness (QED) is 0.493. The monoisotopic (exact) mass is 530 g/mol. The third-order valence-corrected chi connectivity index (χ3v) is 13.9. The summed E-state index contributed by atoms with van der Waals surface area (Å²) >= 11 is 0. The lowest BCUT2D eigenvalue weighted by atomic mass is 9.37. The number of hydrogen-bond acceptors (Lipinski definition) is 6. The Hall–Kier alpha value is -0.980. The van der Waals surface area contributed by atoms with Crippen molar-refractivity contribution in [1.29, 1.82) is 0 Å². The van der Waals surface area contributed by atoms with Gasteiger partial charge in [0.05, 0.1) is 17.8 Å². The molecule has 1 aliphatic heterocycles. The van der Waals surface area contributed by atoms with Crippen molar-refractivity contribution >= 4 is 11.8 Å². The predicted molar refractivity (Wildman–Crippen MR) is 143 cm³/mol. The van der Waals surface area contributed by atoms with E-state index in [1.54, 1.807) is 0 Å². The van der Waals surface area contributed by atoms with E-state index >= 15 is 0 Å². The Kier molecular flexibility index (Phi) is 5.77. The van der Waals surface area contributed by atoms with Crippen LogP contribution in [0.3, 0.4) is 0 Å². The van der Waals surface area contributed by atoms with Crippen molar-refractivity contribution in [3.63, 3.8) is 0 Å².